The first-order chi connectivity index (χ1) is 12.6. The van der Waals surface area contributed by atoms with E-state index in [4.69, 9.17) is 23.2 Å². The number of amides is 1. The van der Waals surface area contributed by atoms with Crippen molar-refractivity contribution in [2.75, 3.05) is 11.9 Å². The third-order valence-electron chi connectivity index (χ3n) is 3.18. The summed E-state index contributed by atoms with van der Waals surface area (Å²) in [6.45, 7) is -1.51. The van der Waals surface area contributed by atoms with E-state index < -0.39 is 42.3 Å². The summed E-state index contributed by atoms with van der Waals surface area (Å²) in [7, 11) is 0. The van der Waals surface area contributed by atoms with Crippen LogP contribution in [0.4, 0.5) is 18.9 Å². The fraction of sp³-hybridized carbons (Fsp3) is 0.188. The Kier molecular flexibility index (Phi) is 6.50. The third-order valence-corrected chi connectivity index (χ3v) is 3.74. The average Bonchev–Trinajstić information content (AvgIpc) is 2.57. The number of nitrogens with zero attached hydrogens (tertiary/aromatic N) is 1. The minimum atomic E-state index is -4.67. The predicted octanol–water partition coefficient (Wildman–Crippen LogP) is 3.36. The van der Waals surface area contributed by atoms with Gasteiger partial charge < -0.3 is 14.6 Å². The Balaban J connectivity index is 1.95. The van der Waals surface area contributed by atoms with Crippen molar-refractivity contribution in [2.45, 2.75) is 12.7 Å². The number of carbonyl (C=O) groups excluding carboxylic acids is 2. The molecule has 27 heavy (non-hydrogen) atoms. The molecule has 2 rings (SSSR count). The van der Waals surface area contributed by atoms with E-state index >= 15 is 0 Å². The Morgan fingerprint density at radius 2 is 1.85 bits per heavy atom. The Labute approximate surface area is 160 Å². The highest BCUT2D eigenvalue weighted by Crippen LogP contribution is 2.28. The van der Waals surface area contributed by atoms with Gasteiger partial charge in [-0.3, -0.25) is 14.4 Å². The summed E-state index contributed by atoms with van der Waals surface area (Å²) < 4.78 is 43.2. The number of alkyl halides is 3. The van der Waals surface area contributed by atoms with E-state index in [1.807, 2.05) is 0 Å². The molecule has 1 aromatic carbocycles. The minimum absolute atomic E-state index is 0.194. The molecule has 2 aromatic rings. The van der Waals surface area contributed by atoms with E-state index in [1.54, 1.807) is 0 Å². The third kappa shape index (κ3) is 6.00. The number of rotatable bonds is 5. The first-order valence-corrected chi connectivity index (χ1v) is 8.00. The molecule has 0 aliphatic rings. The average molecular weight is 423 g/mol. The van der Waals surface area contributed by atoms with Gasteiger partial charge in [0, 0.05) is 17.3 Å². The number of halogens is 5. The lowest BCUT2D eigenvalue weighted by Gasteiger charge is -2.11. The number of carbonyl (C=O) groups is 2. The first kappa shape index (κ1) is 20.8. The first-order valence-electron chi connectivity index (χ1n) is 7.24. The lowest BCUT2D eigenvalue weighted by atomic mass is 10.3. The zero-order chi connectivity index (χ0) is 20.2. The SMILES string of the molecule is O=C(COC(=O)Cn1cc(C(F)(F)F)ccc1=O)Nc1cc(Cl)ccc1Cl. The highest BCUT2D eigenvalue weighted by Gasteiger charge is 2.31. The molecule has 0 spiro atoms. The molecule has 0 saturated heterocycles. The molecule has 1 amide bonds. The molecule has 11 heteroatoms. The predicted molar refractivity (Wildman–Crippen MR) is 91.8 cm³/mol. The standard InChI is InChI=1S/C16H11Cl2F3N2O4/c17-10-2-3-11(18)12(5-10)22-13(24)8-27-15(26)7-23-6-9(16(19,20)21)1-4-14(23)25/h1-6H,7-8H2,(H,22,24). The van der Waals surface area contributed by atoms with Crippen molar-refractivity contribution in [3.8, 4) is 0 Å². The molecule has 144 valence electrons. The van der Waals surface area contributed by atoms with Gasteiger partial charge >= 0.3 is 12.1 Å². The maximum absolute atomic E-state index is 12.7. The number of benzene rings is 1. The van der Waals surface area contributed by atoms with Crippen LogP contribution < -0.4 is 10.9 Å². The topological polar surface area (TPSA) is 77.4 Å². The van der Waals surface area contributed by atoms with Gasteiger partial charge in [0.2, 0.25) is 0 Å². The molecule has 0 fully saturated rings. The fourth-order valence-electron chi connectivity index (χ4n) is 1.93. The van der Waals surface area contributed by atoms with Crippen molar-refractivity contribution in [3.63, 3.8) is 0 Å². The summed E-state index contributed by atoms with van der Waals surface area (Å²) >= 11 is 11.6. The lowest BCUT2D eigenvalue weighted by molar-refractivity contribution is -0.148. The van der Waals surface area contributed by atoms with Gasteiger partial charge in [-0.1, -0.05) is 23.2 Å². The number of pyridine rings is 1. The molecule has 0 aliphatic heterocycles. The van der Waals surface area contributed by atoms with Gasteiger partial charge in [0.1, 0.15) is 6.54 Å². The number of ether oxygens (including phenoxy) is 1. The molecular weight excluding hydrogens is 412 g/mol. The Morgan fingerprint density at radius 3 is 2.52 bits per heavy atom. The van der Waals surface area contributed by atoms with E-state index in [0.29, 0.717) is 27.9 Å². The van der Waals surface area contributed by atoms with E-state index in [1.165, 1.54) is 18.2 Å². The zero-order valence-corrected chi connectivity index (χ0v) is 14.9. The molecule has 1 N–H and O–H groups in total. The van der Waals surface area contributed by atoms with E-state index in [9.17, 15) is 27.6 Å². The molecule has 6 nitrogen and oxygen atoms in total. The minimum Gasteiger partial charge on any atom is -0.454 e. The molecular formula is C16H11Cl2F3N2O4. The van der Waals surface area contributed by atoms with Crippen molar-refractivity contribution in [1.82, 2.24) is 4.57 Å². The van der Waals surface area contributed by atoms with Crippen molar-refractivity contribution in [3.05, 3.63) is 62.5 Å². The van der Waals surface area contributed by atoms with Gasteiger partial charge in [-0.15, -0.1) is 0 Å². The number of anilines is 1. The van der Waals surface area contributed by atoms with Gasteiger partial charge in [0.15, 0.2) is 6.61 Å². The maximum atomic E-state index is 12.7. The molecule has 0 saturated carbocycles. The molecule has 0 bridgehead atoms. The summed E-state index contributed by atoms with van der Waals surface area (Å²) in [5.41, 5.74) is -1.72. The molecule has 0 aliphatic carbocycles. The Morgan fingerprint density at radius 1 is 1.15 bits per heavy atom. The van der Waals surface area contributed by atoms with Crippen LogP contribution >= 0.6 is 23.2 Å². The van der Waals surface area contributed by atoms with Crippen molar-refractivity contribution in [2.24, 2.45) is 0 Å². The van der Waals surface area contributed by atoms with Crippen LogP contribution in [0.5, 0.6) is 0 Å². The smallest absolute Gasteiger partial charge is 0.417 e. The monoisotopic (exact) mass is 422 g/mol. The summed E-state index contributed by atoms with van der Waals surface area (Å²) in [5, 5.41) is 2.88. The van der Waals surface area contributed by atoms with E-state index in [2.05, 4.69) is 10.1 Å². The van der Waals surface area contributed by atoms with E-state index in [0.717, 1.165) is 0 Å². The zero-order valence-electron chi connectivity index (χ0n) is 13.3. The van der Waals surface area contributed by atoms with Crippen LogP contribution in [0.15, 0.2) is 41.3 Å². The van der Waals surface area contributed by atoms with Crippen molar-refractivity contribution in [1.29, 1.82) is 0 Å². The van der Waals surface area contributed by atoms with Crippen LogP contribution in [0.1, 0.15) is 5.56 Å². The molecule has 0 radical (unpaired) electrons. The quantitative estimate of drug-likeness (QED) is 0.749. The van der Waals surface area contributed by atoms with Crippen LogP contribution in [-0.4, -0.2) is 23.1 Å². The van der Waals surface area contributed by atoms with Gasteiger partial charge in [-0.05, 0) is 24.3 Å². The summed E-state index contributed by atoms with van der Waals surface area (Å²) in [5.74, 6) is -1.81. The van der Waals surface area contributed by atoms with Gasteiger partial charge in [-0.2, -0.15) is 13.2 Å². The second-order valence-corrected chi connectivity index (χ2v) is 6.06. The van der Waals surface area contributed by atoms with Crippen molar-refractivity contribution >= 4 is 40.8 Å². The van der Waals surface area contributed by atoms with Crippen LogP contribution in [0.3, 0.4) is 0 Å². The van der Waals surface area contributed by atoms with Gasteiger partial charge in [0.25, 0.3) is 11.5 Å². The molecule has 0 unspecified atom stereocenters. The fourth-order valence-corrected chi connectivity index (χ4v) is 2.27. The molecule has 1 heterocycles. The highest BCUT2D eigenvalue weighted by atomic mass is 35.5. The largest absolute Gasteiger partial charge is 0.454 e. The maximum Gasteiger partial charge on any atom is 0.417 e. The van der Waals surface area contributed by atoms with Crippen LogP contribution in [0, 0.1) is 0 Å². The van der Waals surface area contributed by atoms with E-state index in [-0.39, 0.29) is 10.7 Å². The second-order valence-electron chi connectivity index (χ2n) is 5.21. The van der Waals surface area contributed by atoms with Crippen LogP contribution in [0.25, 0.3) is 0 Å². The summed E-state index contributed by atoms with van der Waals surface area (Å²) in [6.07, 6.45) is -4.18. The number of aromatic nitrogens is 1. The number of hydrogen-bond acceptors (Lipinski definition) is 4. The number of hydrogen-bond donors (Lipinski definition) is 1. The van der Waals surface area contributed by atoms with Gasteiger partial charge in [-0.25, -0.2) is 0 Å². The van der Waals surface area contributed by atoms with Crippen LogP contribution in [-0.2, 0) is 27.0 Å². The second kappa shape index (κ2) is 8.45. The molecule has 0 atom stereocenters. The summed E-state index contributed by atoms with van der Waals surface area (Å²) in [4.78, 5) is 35.1. The normalized spacial score (nSPS) is 11.1. The number of esters is 1. The van der Waals surface area contributed by atoms with Crippen molar-refractivity contribution < 1.29 is 27.5 Å². The van der Waals surface area contributed by atoms with Crippen LogP contribution in [0.2, 0.25) is 10.0 Å². The number of nitrogens with one attached hydrogen (secondary N) is 1. The summed E-state index contributed by atoms with van der Waals surface area (Å²) in [6, 6.07) is 5.63. The lowest BCUT2D eigenvalue weighted by Crippen LogP contribution is -2.28. The molecule has 1 aromatic heterocycles. The van der Waals surface area contributed by atoms with Gasteiger partial charge in [0.05, 0.1) is 16.3 Å². The highest BCUT2D eigenvalue weighted by molar-refractivity contribution is 6.35. The Hall–Kier alpha value is -2.52. The Bertz CT molecular complexity index is 929.